The van der Waals surface area contributed by atoms with Gasteiger partial charge in [0.15, 0.2) is 0 Å². The molecule has 0 amide bonds. The monoisotopic (exact) mass is 261 g/mol. The lowest BCUT2D eigenvalue weighted by atomic mass is 9.81. The Balaban J connectivity index is 3.01. The molecule has 0 spiro atoms. The predicted octanol–water partition coefficient (Wildman–Crippen LogP) is 5.07. The minimum absolute atomic E-state index is 0.210. The first-order valence-electron chi connectivity index (χ1n) is 7.69. The summed E-state index contributed by atoms with van der Waals surface area (Å²) >= 11 is 0. The van der Waals surface area contributed by atoms with E-state index < -0.39 is 0 Å². The molecular formula is C18H31N. The van der Waals surface area contributed by atoms with E-state index in [4.69, 9.17) is 0 Å². The Morgan fingerprint density at radius 2 is 1.68 bits per heavy atom. The Labute approximate surface area is 119 Å². The number of rotatable bonds is 6. The minimum Gasteiger partial charge on any atom is -0.310 e. The van der Waals surface area contributed by atoms with Crippen LogP contribution in [0.1, 0.15) is 71.6 Å². The molecule has 1 unspecified atom stereocenters. The molecule has 0 saturated heterocycles. The molecule has 0 fully saturated rings. The van der Waals surface area contributed by atoms with Crippen LogP contribution in [0, 0.1) is 5.92 Å². The van der Waals surface area contributed by atoms with Crippen molar-refractivity contribution in [3.05, 3.63) is 35.4 Å². The van der Waals surface area contributed by atoms with Crippen molar-refractivity contribution in [3.63, 3.8) is 0 Å². The molecule has 0 heterocycles. The van der Waals surface area contributed by atoms with Crippen molar-refractivity contribution in [2.75, 3.05) is 6.54 Å². The molecule has 1 aromatic rings. The highest BCUT2D eigenvalue weighted by Crippen LogP contribution is 2.32. The molecule has 1 heteroatoms. The molecule has 1 nitrogen and oxygen atoms in total. The van der Waals surface area contributed by atoms with Gasteiger partial charge >= 0.3 is 0 Å². The van der Waals surface area contributed by atoms with Crippen LogP contribution in [0.15, 0.2) is 24.3 Å². The zero-order valence-corrected chi connectivity index (χ0v) is 13.6. The van der Waals surface area contributed by atoms with E-state index in [1.54, 1.807) is 0 Å². The van der Waals surface area contributed by atoms with Gasteiger partial charge in [-0.1, -0.05) is 65.8 Å². The maximum absolute atomic E-state index is 3.67. The van der Waals surface area contributed by atoms with Gasteiger partial charge in [0.05, 0.1) is 0 Å². The summed E-state index contributed by atoms with van der Waals surface area (Å²) in [6, 6.07) is 9.41. The van der Waals surface area contributed by atoms with Gasteiger partial charge in [-0.25, -0.2) is 0 Å². The van der Waals surface area contributed by atoms with E-state index in [1.807, 2.05) is 0 Å². The third-order valence-electron chi connectivity index (χ3n) is 3.63. The van der Waals surface area contributed by atoms with Crippen molar-refractivity contribution in [2.24, 2.45) is 5.92 Å². The van der Waals surface area contributed by atoms with E-state index in [0.717, 1.165) is 12.5 Å². The molecule has 0 aliphatic carbocycles. The van der Waals surface area contributed by atoms with E-state index >= 15 is 0 Å². The Kier molecular flexibility index (Phi) is 6.06. The first kappa shape index (κ1) is 16.2. The maximum Gasteiger partial charge on any atom is 0.0323 e. The topological polar surface area (TPSA) is 12.0 Å². The van der Waals surface area contributed by atoms with Gasteiger partial charge in [-0.3, -0.25) is 0 Å². The van der Waals surface area contributed by atoms with Crippen molar-refractivity contribution in [1.29, 1.82) is 0 Å². The lowest BCUT2D eigenvalue weighted by molar-refractivity contribution is 0.439. The van der Waals surface area contributed by atoms with E-state index in [2.05, 4.69) is 71.1 Å². The van der Waals surface area contributed by atoms with E-state index in [0.29, 0.717) is 6.04 Å². The van der Waals surface area contributed by atoms with Crippen LogP contribution in [0.2, 0.25) is 0 Å². The fourth-order valence-corrected chi connectivity index (χ4v) is 2.60. The molecule has 108 valence electrons. The molecule has 0 bridgehead atoms. The first-order chi connectivity index (χ1) is 8.86. The second kappa shape index (κ2) is 7.09. The fourth-order valence-electron chi connectivity index (χ4n) is 2.60. The summed E-state index contributed by atoms with van der Waals surface area (Å²) < 4.78 is 0. The van der Waals surface area contributed by atoms with Gasteiger partial charge in [-0.15, -0.1) is 0 Å². The van der Waals surface area contributed by atoms with Gasteiger partial charge in [0.25, 0.3) is 0 Å². The molecule has 0 saturated carbocycles. The third kappa shape index (κ3) is 4.99. The predicted molar refractivity (Wildman–Crippen MR) is 85.6 cm³/mol. The largest absolute Gasteiger partial charge is 0.310 e. The van der Waals surface area contributed by atoms with Crippen LogP contribution >= 0.6 is 0 Å². The number of hydrogen-bond acceptors (Lipinski definition) is 1. The van der Waals surface area contributed by atoms with Gasteiger partial charge in [0.1, 0.15) is 0 Å². The summed E-state index contributed by atoms with van der Waals surface area (Å²) in [6.07, 6.45) is 2.49. The van der Waals surface area contributed by atoms with Crippen molar-refractivity contribution in [2.45, 2.75) is 65.8 Å². The second-order valence-electron chi connectivity index (χ2n) is 6.92. The van der Waals surface area contributed by atoms with Gasteiger partial charge in [-0.05, 0) is 41.8 Å². The Hall–Kier alpha value is -0.820. The number of nitrogens with one attached hydrogen (secondary N) is 1. The molecule has 1 aromatic carbocycles. The van der Waals surface area contributed by atoms with Crippen molar-refractivity contribution in [3.8, 4) is 0 Å². The lowest BCUT2D eigenvalue weighted by Crippen LogP contribution is -2.25. The highest BCUT2D eigenvalue weighted by molar-refractivity contribution is 5.35. The van der Waals surface area contributed by atoms with Crippen molar-refractivity contribution < 1.29 is 0 Å². The first-order valence-corrected chi connectivity index (χ1v) is 7.69. The Morgan fingerprint density at radius 3 is 2.21 bits per heavy atom. The summed E-state index contributed by atoms with van der Waals surface area (Å²) in [6.45, 7) is 14.7. The average Bonchev–Trinajstić information content (AvgIpc) is 2.33. The van der Waals surface area contributed by atoms with Crippen LogP contribution in [0.3, 0.4) is 0 Å². The van der Waals surface area contributed by atoms with E-state index in [-0.39, 0.29) is 5.41 Å². The molecule has 1 N–H and O–H groups in total. The fraction of sp³-hybridized carbons (Fsp3) is 0.667. The SMILES string of the molecule is CCNC(CCC(C)C)c1ccccc1C(C)(C)C. The molecule has 1 atom stereocenters. The van der Waals surface area contributed by atoms with Crippen LogP contribution in [-0.4, -0.2) is 6.54 Å². The van der Waals surface area contributed by atoms with Gasteiger partial charge in [0, 0.05) is 6.04 Å². The molecule has 19 heavy (non-hydrogen) atoms. The third-order valence-corrected chi connectivity index (χ3v) is 3.63. The Morgan fingerprint density at radius 1 is 1.05 bits per heavy atom. The van der Waals surface area contributed by atoms with Crippen LogP contribution < -0.4 is 5.32 Å². The van der Waals surface area contributed by atoms with Gasteiger partial charge < -0.3 is 5.32 Å². The van der Waals surface area contributed by atoms with Gasteiger partial charge in [0.2, 0.25) is 0 Å². The van der Waals surface area contributed by atoms with Crippen LogP contribution in [0.4, 0.5) is 0 Å². The minimum atomic E-state index is 0.210. The quantitative estimate of drug-likeness (QED) is 0.753. The highest BCUT2D eigenvalue weighted by Gasteiger charge is 2.22. The second-order valence-corrected chi connectivity index (χ2v) is 6.92. The number of hydrogen-bond donors (Lipinski definition) is 1. The summed E-state index contributed by atoms with van der Waals surface area (Å²) in [5.74, 6) is 0.767. The zero-order chi connectivity index (χ0) is 14.5. The smallest absolute Gasteiger partial charge is 0.0323 e. The van der Waals surface area contributed by atoms with Crippen molar-refractivity contribution in [1.82, 2.24) is 5.32 Å². The standard InChI is InChI=1S/C18H31N/c1-7-19-17(13-12-14(2)3)15-10-8-9-11-16(15)18(4,5)6/h8-11,14,17,19H,7,12-13H2,1-6H3. The van der Waals surface area contributed by atoms with Crippen LogP contribution in [0.5, 0.6) is 0 Å². The van der Waals surface area contributed by atoms with Gasteiger partial charge in [-0.2, -0.15) is 0 Å². The molecule has 0 aliphatic heterocycles. The molecular weight excluding hydrogens is 230 g/mol. The van der Waals surface area contributed by atoms with E-state index in [1.165, 1.54) is 24.0 Å². The molecule has 0 radical (unpaired) electrons. The van der Waals surface area contributed by atoms with E-state index in [9.17, 15) is 0 Å². The highest BCUT2D eigenvalue weighted by atomic mass is 14.9. The zero-order valence-electron chi connectivity index (χ0n) is 13.6. The number of benzene rings is 1. The summed E-state index contributed by atoms with van der Waals surface area (Å²) in [5.41, 5.74) is 3.17. The summed E-state index contributed by atoms with van der Waals surface area (Å²) in [4.78, 5) is 0. The average molecular weight is 261 g/mol. The molecule has 0 aliphatic rings. The maximum atomic E-state index is 3.67. The normalized spacial score (nSPS) is 13.8. The Bertz CT molecular complexity index is 374. The summed E-state index contributed by atoms with van der Waals surface area (Å²) in [7, 11) is 0. The molecule has 0 aromatic heterocycles. The lowest BCUT2D eigenvalue weighted by Gasteiger charge is -2.28. The summed E-state index contributed by atoms with van der Waals surface area (Å²) in [5, 5.41) is 3.67. The van der Waals surface area contributed by atoms with Crippen LogP contribution in [0.25, 0.3) is 0 Å². The van der Waals surface area contributed by atoms with Crippen LogP contribution in [-0.2, 0) is 5.41 Å². The molecule has 1 rings (SSSR count). The van der Waals surface area contributed by atoms with Crippen molar-refractivity contribution >= 4 is 0 Å².